The minimum Gasteiger partial charge on any atom is -0.457 e. The number of nitrogens with zero attached hydrogens (tertiary/aromatic N) is 9. The lowest BCUT2D eigenvalue weighted by atomic mass is 10.1. The number of fused-ring (bicyclic) bond motifs is 2. The third kappa shape index (κ3) is 21.9. The number of amides is 7. The Labute approximate surface area is 706 Å². The lowest BCUT2D eigenvalue weighted by Crippen LogP contribution is -2.61. The number of aryl methyl sites for hydroxylation is 1. The number of anilines is 3. The number of alkyl halides is 3. The maximum Gasteiger partial charge on any atom is 0.410 e. The van der Waals surface area contributed by atoms with Gasteiger partial charge < -0.3 is 33.6 Å². The summed E-state index contributed by atoms with van der Waals surface area (Å²) in [7, 11) is 0. The molecule has 20 nitrogen and oxygen atoms in total. The van der Waals surface area contributed by atoms with E-state index in [-0.39, 0.29) is 84.1 Å². The molecule has 5 aliphatic rings. The highest BCUT2D eigenvalue weighted by Gasteiger charge is 2.45. The van der Waals surface area contributed by atoms with Crippen molar-refractivity contribution in [1.29, 1.82) is 0 Å². The molecule has 5 saturated heterocycles. The van der Waals surface area contributed by atoms with Gasteiger partial charge in [-0.15, -0.1) is 93.6 Å². The van der Waals surface area contributed by atoms with Crippen LogP contribution in [0.25, 0.3) is 0 Å². The predicted molar refractivity (Wildman–Crippen MR) is 460 cm³/mol. The van der Waals surface area contributed by atoms with Crippen molar-refractivity contribution in [2.45, 2.75) is 115 Å². The lowest BCUT2D eigenvalue weighted by molar-refractivity contribution is -0.138. The second kappa shape index (κ2) is 41.2. The van der Waals surface area contributed by atoms with Gasteiger partial charge in [0.15, 0.2) is 0 Å². The summed E-state index contributed by atoms with van der Waals surface area (Å²) >= 11 is 22.6. The van der Waals surface area contributed by atoms with Crippen molar-refractivity contribution >= 4 is 152 Å². The molecule has 0 N–H and O–H groups in total. The Bertz CT molecular complexity index is 4590. The molecule has 14 rings (SSSR count). The van der Waals surface area contributed by atoms with Crippen molar-refractivity contribution in [2.75, 3.05) is 97.8 Å². The highest BCUT2D eigenvalue weighted by atomic mass is 35.5. The molecular weight excluding hydrogens is 1610 g/mol. The van der Waals surface area contributed by atoms with Crippen molar-refractivity contribution in [3.63, 3.8) is 0 Å². The smallest absolute Gasteiger partial charge is 0.410 e. The van der Waals surface area contributed by atoms with E-state index < -0.39 is 35.7 Å². The fourth-order valence-electron chi connectivity index (χ4n) is 15.2. The molecule has 604 valence electrons. The Morgan fingerprint density at radius 3 is 1.14 bits per heavy atom. The largest absolute Gasteiger partial charge is 0.457 e. The summed E-state index contributed by atoms with van der Waals surface area (Å²) in [5.74, 6) is 1.98. The molecule has 114 heavy (non-hydrogen) atoms. The second-order valence-corrected chi connectivity index (χ2v) is 32.9. The zero-order valence-corrected chi connectivity index (χ0v) is 70.8. The average molecular weight is 1710 g/mol. The number of hydrogen-bond acceptors (Lipinski definition) is 16. The van der Waals surface area contributed by atoms with Crippen LogP contribution in [0.4, 0.5) is 21.9 Å². The fraction of sp³-hybridized carbons (Fsp3) is 0.360. The first-order valence-corrected chi connectivity index (χ1v) is 42.0. The quantitative estimate of drug-likeness (QED) is 0.0619. The summed E-state index contributed by atoms with van der Waals surface area (Å²) in [5, 5.41) is 5.75. The van der Waals surface area contributed by atoms with E-state index in [1.54, 1.807) is 43.9 Å². The Balaban J connectivity index is 0.000000180. The van der Waals surface area contributed by atoms with Gasteiger partial charge in [0.05, 0.1) is 12.1 Å². The minimum atomic E-state index is -0.922. The van der Waals surface area contributed by atoms with Crippen LogP contribution in [0.2, 0.25) is 0 Å². The normalized spacial score (nSPS) is 18.0. The van der Waals surface area contributed by atoms with Gasteiger partial charge in [0.25, 0.3) is 17.7 Å². The monoisotopic (exact) mass is 1700 g/mol. The van der Waals surface area contributed by atoms with Crippen molar-refractivity contribution in [2.24, 2.45) is 0 Å². The number of para-hydroxylation sites is 3. The molecular formula is C86H96Cl5N9O11S3. The number of benzene rings is 6. The van der Waals surface area contributed by atoms with E-state index in [1.165, 1.54) is 51.8 Å². The lowest BCUT2D eigenvalue weighted by Gasteiger charge is -2.45. The first kappa shape index (κ1) is 87.7. The van der Waals surface area contributed by atoms with Gasteiger partial charge in [-0.3, -0.25) is 58.2 Å². The third-order valence-electron chi connectivity index (χ3n) is 20.3. The standard InChI is InChI=1S/C31H36ClN3O5S.C28H30ClN3O3S.C27H28ClN3O3S.2ClH/c1-21-19-33(20-22(2)34(21)30(38)40-31(3,4)5)29(37)28(26-12-9-17-41-26)35(27(36)18-32)23-13-15-25(16-14-23)39-24-10-7-6-8-11-24;1-20-17-23(35-22-8-3-2-4-9-22)11-12-24(20)32(26(33)18-29)27(25-10-6-16-36-25)28(34)31-15-14-30-13-5-7-21(30)19-31;28-18-25(32)31(20-10-12-23(13-11-20)34-22-7-2-1-3-8-22)26(24-9-5-17-35-24)27(33)30-16-15-29-14-4-6-21(29)19-30;;/h6-17,21-22,28H,18-20H2,1-5H3;2-4,6,8-12,16-17,21,27H,5,7,13-15,18-19H2,1H3;1-3,5,7-13,17,21,26H,4,6,14-16,18-19H2;2*1H/t;21-,27?;21-,26?;;/m.00../s1. The van der Waals surface area contributed by atoms with Crippen LogP contribution in [-0.4, -0.2) is 184 Å². The summed E-state index contributed by atoms with van der Waals surface area (Å²) in [6.07, 6.45) is 4.17. The van der Waals surface area contributed by atoms with E-state index in [4.69, 9.17) is 53.8 Å². The Kier molecular flexibility index (Phi) is 31.7. The summed E-state index contributed by atoms with van der Waals surface area (Å²) in [6, 6.07) is 57.5. The van der Waals surface area contributed by atoms with E-state index in [0.717, 1.165) is 65.8 Å². The van der Waals surface area contributed by atoms with Gasteiger partial charge in [-0.25, -0.2) is 4.79 Å². The van der Waals surface area contributed by atoms with E-state index in [2.05, 4.69) is 9.80 Å². The molecule has 0 saturated carbocycles. The van der Waals surface area contributed by atoms with Gasteiger partial charge in [-0.2, -0.15) is 0 Å². The molecule has 7 atom stereocenters. The third-order valence-corrected chi connectivity index (χ3v) is 23.8. The van der Waals surface area contributed by atoms with Crippen molar-refractivity contribution in [3.8, 4) is 34.5 Å². The molecule has 5 fully saturated rings. The van der Waals surface area contributed by atoms with Crippen LogP contribution in [0.3, 0.4) is 0 Å². The predicted octanol–water partition coefficient (Wildman–Crippen LogP) is 18.2. The number of ether oxygens (including phenoxy) is 4. The first-order valence-electron chi connectivity index (χ1n) is 37.8. The molecule has 0 spiro atoms. The van der Waals surface area contributed by atoms with Gasteiger partial charge in [-0.05, 0) is 223 Å². The molecule has 8 heterocycles. The van der Waals surface area contributed by atoms with Crippen LogP contribution in [0.1, 0.15) is 98.6 Å². The van der Waals surface area contributed by atoms with Crippen LogP contribution in [0.15, 0.2) is 210 Å². The zero-order valence-electron chi connectivity index (χ0n) is 64.5. The maximum absolute atomic E-state index is 14.3. The fourth-order valence-corrected chi connectivity index (χ4v) is 18.0. The molecule has 28 heteroatoms. The van der Waals surface area contributed by atoms with E-state index in [1.807, 2.05) is 237 Å². The molecule has 5 unspecified atom stereocenters. The molecule has 6 aromatic carbocycles. The SMILES string of the molecule is CC1CN(C(=O)C(c2cccs2)N(C(=O)CCl)c2ccc(Oc3ccccc3)cc2)CC(C)N1C(=O)OC(C)(C)C.Cc1cc(Oc2ccccc2)ccc1N(C(=O)CCl)C(C(=O)N1CCN2CCC[C@H]2C1)c1cccs1.Cl.Cl.O=C(C(c1cccs1)N(C(=O)CCl)c1ccc(Oc2ccccc2)cc1)N1CCN2CCC[C@H]2C1. The number of thiophene rings is 3. The summed E-state index contributed by atoms with van der Waals surface area (Å²) < 4.78 is 23.4. The van der Waals surface area contributed by atoms with Crippen molar-refractivity contribution in [1.82, 2.24) is 29.4 Å². The molecule has 0 bridgehead atoms. The van der Waals surface area contributed by atoms with Crippen molar-refractivity contribution in [3.05, 3.63) is 230 Å². The molecule has 3 aromatic heterocycles. The average Bonchev–Trinajstić information content (AvgIpc) is 1.70. The first-order chi connectivity index (χ1) is 54.2. The minimum absolute atomic E-state index is 0. The number of carbonyl (C=O) groups is 7. The Hall–Kier alpha value is -8.72. The van der Waals surface area contributed by atoms with Gasteiger partial charge >= 0.3 is 6.09 Å². The zero-order chi connectivity index (χ0) is 79.0. The topological polar surface area (TPSA) is 186 Å². The van der Waals surface area contributed by atoms with Crippen LogP contribution >= 0.6 is 93.6 Å². The molecule has 7 amide bonds. The van der Waals surface area contributed by atoms with Crippen LogP contribution in [0.5, 0.6) is 34.5 Å². The number of piperazine rings is 3. The summed E-state index contributed by atoms with van der Waals surface area (Å²) in [5.41, 5.74) is 2.00. The maximum atomic E-state index is 14.3. The molecule has 0 aliphatic carbocycles. The van der Waals surface area contributed by atoms with Gasteiger partial charge in [0.1, 0.15) is 75.9 Å². The summed E-state index contributed by atoms with van der Waals surface area (Å²) in [4.78, 5) is 114. The number of rotatable bonds is 21. The summed E-state index contributed by atoms with van der Waals surface area (Å²) in [6.45, 7) is 18.5. The van der Waals surface area contributed by atoms with E-state index >= 15 is 0 Å². The van der Waals surface area contributed by atoms with Crippen LogP contribution < -0.4 is 28.9 Å². The number of carbonyl (C=O) groups excluding carboxylic acids is 7. The molecule has 9 aromatic rings. The second-order valence-electron chi connectivity index (χ2n) is 29.2. The van der Waals surface area contributed by atoms with E-state index in [9.17, 15) is 33.6 Å². The van der Waals surface area contributed by atoms with Crippen LogP contribution in [-0.2, 0) is 33.5 Å². The highest BCUT2D eigenvalue weighted by Crippen LogP contribution is 2.41. The van der Waals surface area contributed by atoms with Gasteiger partial charge in [0.2, 0.25) is 17.7 Å². The van der Waals surface area contributed by atoms with Gasteiger partial charge in [-0.1, -0.05) is 72.8 Å². The highest BCUT2D eigenvalue weighted by molar-refractivity contribution is 7.10. The Morgan fingerprint density at radius 2 is 0.781 bits per heavy atom. The Morgan fingerprint density at radius 1 is 0.430 bits per heavy atom. The molecule has 0 radical (unpaired) electrons. The molecule has 5 aliphatic heterocycles. The van der Waals surface area contributed by atoms with Gasteiger partial charge in [0, 0.05) is 96.1 Å². The van der Waals surface area contributed by atoms with Crippen molar-refractivity contribution < 1.29 is 52.5 Å². The van der Waals surface area contributed by atoms with Crippen LogP contribution in [0, 0.1) is 6.92 Å². The number of hydrogen-bond donors (Lipinski definition) is 0. The number of halogens is 5. The van der Waals surface area contributed by atoms with E-state index in [0.29, 0.717) is 96.3 Å².